The zero-order valence-corrected chi connectivity index (χ0v) is 14.8. The summed E-state index contributed by atoms with van der Waals surface area (Å²) in [7, 11) is 0. The van der Waals surface area contributed by atoms with Gasteiger partial charge in [0.1, 0.15) is 0 Å². The van der Waals surface area contributed by atoms with Crippen LogP contribution in [0, 0.1) is 0 Å². The molecule has 0 radical (unpaired) electrons. The first-order valence-electron chi connectivity index (χ1n) is 5.84. The van der Waals surface area contributed by atoms with Crippen molar-refractivity contribution in [1.29, 1.82) is 0 Å². The molecule has 2 aromatic carbocycles. The Balaban J connectivity index is 1.95. The van der Waals surface area contributed by atoms with Gasteiger partial charge in [0, 0.05) is 0 Å². The molecule has 0 saturated heterocycles. The third-order valence-electron chi connectivity index (χ3n) is 2.86. The maximum atomic E-state index is 3.48. The van der Waals surface area contributed by atoms with Gasteiger partial charge in [-0.1, -0.05) is 0 Å². The summed E-state index contributed by atoms with van der Waals surface area (Å²) in [5.74, 6) is 0. The van der Waals surface area contributed by atoms with Gasteiger partial charge in [0.25, 0.3) is 0 Å². The van der Waals surface area contributed by atoms with Gasteiger partial charge in [-0.2, -0.15) is 0 Å². The molecule has 0 fully saturated rings. The van der Waals surface area contributed by atoms with Crippen molar-refractivity contribution in [3.63, 3.8) is 0 Å². The summed E-state index contributed by atoms with van der Waals surface area (Å²) in [5, 5.41) is 0. The van der Waals surface area contributed by atoms with Gasteiger partial charge >= 0.3 is 136 Å². The second-order valence-corrected chi connectivity index (χ2v) is 8.28. The van der Waals surface area contributed by atoms with Gasteiger partial charge in [-0.25, -0.2) is 0 Å². The van der Waals surface area contributed by atoms with Gasteiger partial charge < -0.3 is 0 Å². The van der Waals surface area contributed by atoms with Crippen LogP contribution in [-0.4, -0.2) is 14.5 Å². The van der Waals surface area contributed by atoms with Crippen LogP contribution in [-0.2, 0) is 0 Å². The van der Waals surface area contributed by atoms with E-state index < -0.39 is 0 Å². The molecular formula is C16H10Br2Se. The molecule has 3 rings (SSSR count). The van der Waals surface area contributed by atoms with Gasteiger partial charge in [-0.15, -0.1) is 0 Å². The maximum absolute atomic E-state index is 3.48. The second-order valence-electron chi connectivity index (χ2n) is 4.18. The summed E-state index contributed by atoms with van der Waals surface area (Å²) in [6.07, 6.45) is 0. The monoisotopic (exact) mass is 440 g/mol. The molecule has 0 N–H and O–H groups in total. The summed E-state index contributed by atoms with van der Waals surface area (Å²) >= 11 is 7.35. The number of halogens is 2. The van der Waals surface area contributed by atoms with Crippen molar-refractivity contribution in [2.24, 2.45) is 0 Å². The molecule has 94 valence electrons. The van der Waals surface area contributed by atoms with Crippen LogP contribution in [0.1, 0.15) is 0 Å². The van der Waals surface area contributed by atoms with Crippen LogP contribution < -0.4 is 0 Å². The first-order chi connectivity index (χ1) is 9.22. The number of benzene rings is 2. The van der Waals surface area contributed by atoms with Crippen LogP contribution in [0.25, 0.3) is 20.0 Å². The fourth-order valence-electron chi connectivity index (χ4n) is 1.88. The zero-order valence-electron chi connectivity index (χ0n) is 9.94. The molecule has 1 aromatic heterocycles. The number of hydrogen-bond acceptors (Lipinski definition) is 0. The van der Waals surface area contributed by atoms with Crippen LogP contribution >= 0.6 is 31.9 Å². The van der Waals surface area contributed by atoms with E-state index in [1.165, 1.54) is 20.0 Å². The molecule has 0 amide bonds. The average Bonchev–Trinajstić information content (AvgIpc) is 2.90. The second kappa shape index (κ2) is 5.80. The van der Waals surface area contributed by atoms with E-state index >= 15 is 0 Å². The molecule has 0 spiro atoms. The Labute approximate surface area is 135 Å². The topological polar surface area (TPSA) is 0 Å². The van der Waals surface area contributed by atoms with Crippen LogP contribution in [0.4, 0.5) is 0 Å². The summed E-state index contributed by atoms with van der Waals surface area (Å²) in [6, 6.07) is 21.6. The van der Waals surface area contributed by atoms with Gasteiger partial charge in [0.15, 0.2) is 0 Å². The Morgan fingerprint density at radius 3 is 1.26 bits per heavy atom. The van der Waals surface area contributed by atoms with Crippen LogP contribution in [0.3, 0.4) is 0 Å². The molecule has 3 heteroatoms. The third-order valence-corrected chi connectivity index (χ3v) is 6.40. The first-order valence-corrected chi connectivity index (χ1v) is 9.14. The summed E-state index contributed by atoms with van der Waals surface area (Å²) in [5.41, 5.74) is 2.65. The standard InChI is InChI=1S/C16H10Br2Se/c17-13-5-1-11(2-6-13)15-9-10-16(19-15)12-3-7-14(18)8-4-12/h1-10H. The molecular weight excluding hydrogens is 431 g/mol. The predicted molar refractivity (Wildman–Crippen MR) is 89.7 cm³/mol. The Hall–Kier alpha value is -0.601. The summed E-state index contributed by atoms with van der Waals surface area (Å²) in [6.45, 7) is 0. The van der Waals surface area contributed by atoms with E-state index in [-0.39, 0.29) is 0 Å². The molecule has 0 saturated carbocycles. The van der Waals surface area contributed by atoms with Gasteiger partial charge in [-0.05, 0) is 0 Å². The Morgan fingerprint density at radius 2 is 0.895 bits per heavy atom. The molecule has 0 aliphatic rings. The fraction of sp³-hybridized carbons (Fsp3) is 0. The SMILES string of the molecule is Brc1ccc(-c2ccc(-c3ccc(Br)cc3)[se]2)cc1. The summed E-state index contributed by atoms with van der Waals surface area (Å²) in [4.78, 5) is 0. The summed E-state index contributed by atoms with van der Waals surface area (Å²) < 4.78 is 5.14. The van der Waals surface area contributed by atoms with Crippen molar-refractivity contribution >= 4 is 46.4 Å². The van der Waals surface area contributed by atoms with E-state index in [0.29, 0.717) is 14.5 Å². The Morgan fingerprint density at radius 1 is 0.526 bits per heavy atom. The van der Waals surface area contributed by atoms with E-state index in [2.05, 4.69) is 92.5 Å². The molecule has 0 atom stereocenters. The average molecular weight is 441 g/mol. The Kier molecular flexibility index (Phi) is 4.09. The molecule has 19 heavy (non-hydrogen) atoms. The van der Waals surface area contributed by atoms with Crippen molar-refractivity contribution in [2.75, 3.05) is 0 Å². The third kappa shape index (κ3) is 3.11. The Bertz CT molecular complexity index is 622. The van der Waals surface area contributed by atoms with Crippen LogP contribution in [0.15, 0.2) is 69.6 Å². The van der Waals surface area contributed by atoms with Crippen molar-refractivity contribution in [1.82, 2.24) is 0 Å². The van der Waals surface area contributed by atoms with Crippen LogP contribution in [0.2, 0.25) is 0 Å². The van der Waals surface area contributed by atoms with E-state index in [4.69, 9.17) is 0 Å². The zero-order chi connectivity index (χ0) is 13.2. The molecule has 0 unspecified atom stereocenters. The molecule has 0 bridgehead atoms. The predicted octanol–water partition coefficient (Wildman–Crippen LogP) is 5.60. The number of rotatable bonds is 2. The van der Waals surface area contributed by atoms with Gasteiger partial charge in [0.05, 0.1) is 0 Å². The normalized spacial score (nSPS) is 10.6. The van der Waals surface area contributed by atoms with E-state index in [1.807, 2.05) is 0 Å². The quantitative estimate of drug-likeness (QED) is 0.455. The van der Waals surface area contributed by atoms with Crippen molar-refractivity contribution < 1.29 is 0 Å². The first kappa shape index (κ1) is 13.4. The molecule has 0 aliphatic heterocycles. The van der Waals surface area contributed by atoms with Crippen LogP contribution in [0.5, 0.6) is 0 Å². The van der Waals surface area contributed by atoms with E-state index in [1.54, 1.807) is 0 Å². The minimum atomic E-state index is 0.391. The molecule has 1 heterocycles. The van der Waals surface area contributed by atoms with Crippen molar-refractivity contribution in [3.8, 4) is 20.0 Å². The van der Waals surface area contributed by atoms with Gasteiger partial charge in [0.2, 0.25) is 0 Å². The molecule has 3 aromatic rings. The van der Waals surface area contributed by atoms with Crippen molar-refractivity contribution in [3.05, 3.63) is 69.6 Å². The number of hydrogen-bond donors (Lipinski definition) is 0. The van der Waals surface area contributed by atoms with E-state index in [9.17, 15) is 0 Å². The molecule has 0 aliphatic carbocycles. The van der Waals surface area contributed by atoms with E-state index in [0.717, 1.165) is 8.95 Å². The van der Waals surface area contributed by atoms with Gasteiger partial charge in [-0.3, -0.25) is 0 Å². The van der Waals surface area contributed by atoms with Crippen molar-refractivity contribution in [2.45, 2.75) is 0 Å². The molecule has 0 nitrogen and oxygen atoms in total. The minimum absolute atomic E-state index is 0.391. The fourth-order valence-corrected chi connectivity index (χ4v) is 4.54.